The van der Waals surface area contributed by atoms with Crippen LogP contribution in [0.15, 0.2) is 47.1 Å². The van der Waals surface area contributed by atoms with Gasteiger partial charge < -0.3 is 0 Å². The summed E-state index contributed by atoms with van der Waals surface area (Å²) >= 11 is 7.00. The van der Waals surface area contributed by atoms with E-state index in [1.807, 2.05) is 0 Å². The van der Waals surface area contributed by atoms with E-state index < -0.39 is 5.91 Å². The van der Waals surface area contributed by atoms with Gasteiger partial charge in [-0.15, -0.1) is 6.58 Å². The van der Waals surface area contributed by atoms with E-state index in [0.717, 1.165) is 11.3 Å². The van der Waals surface area contributed by atoms with E-state index in [9.17, 15) is 9.59 Å². The number of thiazole rings is 1. The first-order chi connectivity index (χ1) is 10.1. The van der Waals surface area contributed by atoms with Gasteiger partial charge in [0.05, 0.1) is 16.7 Å². The number of nitrogens with zero attached hydrogens (tertiary/aromatic N) is 3. The molecular formula is C13H11ClN4O2S. The minimum absolute atomic E-state index is 0.208. The molecule has 0 fully saturated rings. The van der Waals surface area contributed by atoms with Gasteiger partial charge in [-0.2, -0.15) is 5.10 Å². The Balaban J connectivity index is 2.09. The summed E-state index contributed by atoms with van der Waals surface area (Å²) < 4.78 is 1.36. The number of pyridine rings is 1. The first kappa shape index (κ1) is 15.1. The summed E-state index contributed by atoms with van der Waals surface area (Å²) in [7, 11) is 0. The molecule has 0 radical (unpaired) electrons. The normalized spacial score (nSPS) is 10.7. The molecule has 6 nitrogen and oxygen atoms in total. The van der Waals surface area contributed by atoms with Gasteiger partial charge in [-0.05, 0) is 12.1 Å². The number of hydrazone groups is 1. The molecule has 0 aromatic carbocycles. The SMILES string of the molecule is C=CCn1c(Cl)c(/C=N/NC(=O)c2cccnc2)sc1=O. The van der Waals surface area contributed by atoms with Crippen LogP contribution in [0.5, 0.6) is 0 Å². The Bertz CT molecular complexity index is 736. The van der Waals surface area contributed by atoms with Crippen molar-refractivity contribution in [1.82, 2.24) is 15.0 Å². The highest BCUT2D eigenvalue weighted by atomic mass is 35.5. The van der Waals surface area contributed by atoms with E-state index in [0.29, 0.717) is 17.0 Å². The van der Waals surface area contributed by atoms with Crippen molar-refractivity contribution in [3.05, 3.63) is 62.4 Å². The van der Waals surface area contributed by atoms with Crippen LogP contribution >= 0.6 is 22.9 Å². The van der Waals surface area contributed by atoms with Crippen molar-refractivity contribution in [3.8, 4) is 0 Å². The predicted octanol–water partition coefficient (Wildman–Crippen LogP) is 1.91. The zero-order chi connectivity index (χ0) is 15.2. The lowest BCUT2D eigenvalue weighted by atomic mass is 10.3. The first-order valence-corrected chi connectivity index (χ1v) is 7.06. The largest absolute Gasteiger partial charge is 0.309 e. The Morgan fingerprint density at radius 1 is 1.62 bits per heavy atom. The molecule has 0 atom stereocenters. The average Bonchev–Trinajstić information content (AvgIpc) is 2.76. The zero-order valence-electron chi connectivity index (χ0n) is 10.8. The highest BCUT2D eigenvalue weighted by Gasteiger charge is 2.10. The molecule has 1 N–H and O–H groups in total. The average molecular weight is 323 g/mol. The fourth-order valence-electron chi connectivity index (χ4n) is 1.48. The molecule has 0 unspecified atom stereocenters. The number of amides is 1. The first-order valence-electron chi connectivity index (χ1n) is 5.87. The van der Waals surface area contributed by atoms with Crippen molar-refractivity contribution >= 4 is 35.1 Å². The van der Waals surface area contributed by atoms with Gasteiger partial charge in [-0.25, -0.2) is 5.43 Å². The van der Waals surface area contributed by atoms with Crippen LogP contribution in [0.2, 0.25) is 5.15 Å². The van der Waals surface area contributed by atoms with Crippen molar-refractivity contribution in [2.75, 3.05) is 0 Å². The van der Waals surface area contributed by atoms with Gasteiger partial charge in [0, 0.05) is 18.9 Å². The van der Waals surface area contributed by atoms with E-state index >= 15 is 0 Å². The van der Waals surface area contributed by atoms with E-state index in [-0.39, 0.29) is 10.0 Å². The summed E-state index contributed by atoms with van der Waals surface area (Å²) in [4.78, 5) is 27.5. The lowest BCUT2D eigenvalue weighted by molar-refractivity contribution is 0.0955. The van der Waals surface area contributed by atoms with Crippen LogP contribution in [0.25, 0.3) is 0 Å². The molecule has 2 rings (SSSR count). The fraction of sp³-hybridized carbons (Fsp3) is 0.0769. The summed E-state index contributed by atoms with van der Waals surface area (Å²) in [5, 5.41) is 4.06. The summed E-state index contributed by atoms with van der Waals surface area (Å²) in [5.74, 6) is -0.395. The molecule has 8 heteroatoms. The molecule has 2 aromatic heterocycles. The Hall–Kier alpha value is -2.25. The maximum atomic E-state index is 11.7. The third-order valence-electron chi connectivity index (χ3n) is 2.44. The van der Waals surface area contributed by atoms with Gasteiger partial charge in [-0.1, -0.05) is 29.0 Å². The van der Waals surface area contributed by atoms with Crippen molar-refractivity contribution in [1.29, 1.82) is 0 Å². The van der Waals surface area contributed by atoms with Crippen molar-refractivity contribution in [2.24, 2.45) is 5.10 Å². The van der Waals surface area contributed by atoms with Gasteiger partial charge in [0.1, 0.15) is 5.15 Å². The monoisotopic (exact) mass is 322 g/mol. The van der Waals surface area contributed by atoms with Crippen molar-refractivity contribution in [3.63, 3.8) is 0 Å². The number of hydrogen-bond acceptors (Lipinski definition) is 5. The van der Waals surface area contributed by atoms with E-state index in [1.165, 1.54) is 17.0 Å². The van der Waals surface area contributed by atoms with Gasteiger partial charge in [0.15, 0.2) is 0 Å². The fourth-order valence-corrected chi connectivity index (χ4v) is 2.60. The minimum atomic E-state index is -0.395. The van der Waals surface area contributed by atoms with E-state index in [1.54, 1.807) is 24.4 Å². The standard InChI is InChI=1S/C13H11ClN4O2S/c1-2-6-18-11(14)10(21-13(18)20)8-16-17-12(19)9-4-3-5-15-7-9/h2-5,7-8H,1,6H2,(H,17,19)/b16-8+. The Morgan fingerprint density at radius 3 is 3.10 bits per heavy atom. The Kier molecular flexibility index (Phi) is 5.02. The van der Waals surface area contributed by atoms with Crippen LogP contribution in [0, 0.1) is 0 Å². The number of nitrogens with one attached hydrogen (secondary N) is 1. The molecule has 0 bridgehead atoms. The van der Waals surface area contributed by atoms with Crippen molar-refractivity contribution in [2.45, 2.75) is 6.54 Å². The van der Waals surface area contributed by atoms with Gasteiger partial charge >= 0.3 is 4.87 Å². The zero-order valence-corrected chi connectivity index (χ0v) is 12.4. The molecule has 0 aliphatic carbocycles. The van der Waals surface area contributed by atoms with Crippen LogP contribution < -0.4 is 10.3 Å². The number of carbonyl (C=O) groups is 1. The topological polar surface area (TPSA) is 76.3 Å². The number of allylic oxidation sites excluding steroid dienone is 1. The molecule has 2 heterocycles. The molecular weight excluding hydrogens is 312 g/mol. The van der Waals surface area contributed by atoms with Crippen LogP contribution in [-0.4, -0.2) is 21.7 Å². The maximum absolute atomic E-state index is 11.7. The summed E-state index contributed by atoms with van der Waals surface area (Å²) in [6.45, 7) is 3.88. The highest BCUT2D eigenvalue weighted by molar-refractivity contribution is 7.11. The third-order valence-corrected chi connectivity index (χ3v) is 3.87. The van der Waals surface area contributed by atoms with Crippen LogP contribution in [0.3, 0.4) is 0 Å². The van der Waals surface area contributed by atoms with Gasteiger partial charge in [0.25, 0.3) is 5.91 Å². The predicted molar refractivity (Wildman–Crippen MR) is 83.1 cm³/mol. The number of aromatic nitrogens is 2. The second kappa shape index (κ2) is 6.96. The Morgan fingerprint density at radius 2 is 2.43 bits per heavy atom. The van der Waals surface area contributed by atoms with Crippen LogP contribution in [0.1, 0.15) is 15.2 Å². The molecule has 0 spiro atoms. The highest BCUT2D eigenvalue weighted by Crippen LogP contribution is 2.16. The quantitative estimate of drug-likeness (QED) is 0.519. The van der Waals surface area contributed by atoms with Crippen LogP contribution in [0.4, 0.5) is 0 Å². The van der Waals surface area contributed by atoms with Gasteiger partial charge in [0.2, 0.25) is 0 Å². The number of rotatable bonds is 5. The molecule has 2 aromatic rings. The second-order valence-corrected chi connectivity index (χ2v) is 5.21. The molecule has 0 saturated carbocycles. The maximum Gasteiger partial charge on any atom is 0.309 e. The van der Waals surface area contributed by atoms with E-state index in [4.69, 9.17) is 11.6 Å². The molecule has 21 heavy (non-hydrogen) atoms. The molecule has 0 aliphatic rings. The lowest BCUT2D eigenvalue weighted by Crippen LogP contribution is -2.17. The van der Waals surface area contributed by atoms with Gasteiger partial charge in [-0.3, -0.25) is 19.1 Å². The van der Waals surface area contributed by atoms with Crippen molar-refractivity contribution < 1.29 is 4.79 Å². The smallest absolute Gasteiger partial charge is 0.285 e. The third kappa shape index (κ3) is 3.65. The molecule has 108 valence electrons. The minimum Gasteiger partial charge on any atom is -0.285 e. The second-order valence-electron chi connectivity index (χ2n) is 3.86. The Labute approximate surface area is 129 Å². The summed E-state index contributed by atoms with van der Waals surface area (Å²) in [6, 6.07) is 3.26. The van der Waals surface area contributed by atoms with E-state index in [2.05, 4.69) is 22.1 Å². The number of carbonyl (C=O) groups excluding carboxylic acids is 1. The molecule has 0 aliphatic heterocycles. The molecule has 0 saturated heterocycles. The number of hydrogen-bond donors (Lipinski definition) is 1. The lowest BCUT2D eigenvalue weighted by Gasteiger charge is -1.98. The number of halogens is 1. The summed E-state index contributed by atoms with van der Waals surface area (Å²) in [5.41, 5.74) is 2.73. The molecule has 1 amide bonds. The summed E-state index contributed by atoms with van der Waals surface area (Å²) in [6.07, 6.45) is 5.91. The van der Waals surface area contributed by atoms with Crippen LogP contribution in [-0.2, 0) is 6.54 Å².